The summed E-state index contributed by atoms with van der Waals surface area (Å²) in [6.07, 6.45) is 0. The zero-order chi connectivity index (χ0) is 18.1. The van der Waals surface area contributed by atoms with Gasteiger partial charge >= 0.3 is 0 Å². The lowest BCUT2D eigenvalue weighted by molar-refractivity contribution is 0.391. The molecule has 0 aliphatic carbocycles. The van der Waals surface area contributed by atoms with Gasteiger partial charge in [0.05, 0.1) is 24.8 Å². The van der Waals surface area contributed by atoms with E-state index in [2.05, 4.69) is 0 Å². The summed E-state index contributed by atoms with van der Waals surface area (Å²) in [6, 6.07) is 4.94. The minimum Gasteiger partial charge on any atom is -0.496 e. The summed E-state index contributed by atoms with van der Waals surface area (Å²) in [4.78, 5) is 0.507. The van der Waals surface area contributed by atoms with Gasteiger partial charge in [0.15, 0.2) is 11.6 Å². The average Bonchev–Trinajstić information content (AvgIpc) is 2.52. The Balaban J connectivity index is 2.54. The van der Waals surface area contributed by atoms with Crippen LogP contribution in [0.3, 0.4) is 0 Å². The molecular weight excluding hydrogens is 339 g/mol. The molecule has 0 bridgehead atoms. The molecule has 0 aliphatic rings. The van der Waals surface area contributed by atoms with E-state index in [9.17, 15) is 13.2 Å². The molecule has 0 fully saturated rings. The second-order valence-corrected chi connectivity index (χ2v) is 7.24. The van der Waals surface area contributed by atoms with Crippen molar-refractivity contribution in [2.45, 2.75) is 23.5 Å². The van der Waals surface area contributed by atoms with Crippen molar-refractivity contribution in [3.05, 3.63) is 47.3 Å². The number of ether oxygens (including phenoxy) is 2. The van der Waals surface area contributed by atoms with E-state index in [1.165, 1.54) is 38.1 Å². The molecule has 0 unspecified atom stereocenters. The Morgan fingerprint density at radius 1 is 0.958 bits per heavy atom. The molecule has 0 spiro atoms. The maximum absolute atomic E-state index is 14.4. The minimum atomic E-state index is -0.985. The first-order chi connectivity index (χ1) is 11.2. The second-order valence-electron chi connectivity index (χ2n) is 5.58. The van der Waals surface area contributed by atoms with Crippen molar-refractivity contribution in [1.82, 2.24) is 0 Å². The number of nitrogen functional groups attached to an aromatic ring is 1. The van der Waals surface area contributed by atoms with E-state index < -0.39 is 22.2 Å². The predicted molar refractivity (Wildman–Crippen MR) is 89.2 cm³/mol. The molecule has 0 heterocycles. The molecule has 0 radical (unpaired) electrons. The number of rotatable bonds is 5. The maximum Gasteiger partial charge on any atom is 0.167 e. The van der Waals surface area contributed by atoms with Crippen molar-refractivity contribution in [3.8, 4) is 11.5 Å². The maximum atomic E-state index is 14.4. The molecule has 7 heteroatoms. The van der Waals surface area contributed by atoms with Crippen LogP contribution in [0.5, 0.6) is 11.5 Å². The Bertz CT molecular complexity index is 766. The molecular formula is C17H18F3NO2S. The Labute approximate surface area is 142 Å². The summed E-state index contributed by atoms with van der Waals surface area (Å²) >= 11 is 1.17. The van der Waals surface area contributed by atoms with Crippen molar-refractivity contribution < 1.29 is 22.6 Å². The standard InChI is InChI=1S/C17H18F3NO2S/c1-17(2,15-12(22-3)6-5-9(18)16(15)20)24-14-8-11(21)10(19)7-13(14)23-4/h5-8H,21H2,1-4H3. The summed E-state index contributed by atoms with van der Waals surface area (Å²) in [5.74, 6) is -2.08. The zero-order valence-corrected chi connectivity index (χ0v) is 14.6. The number of anilines is 1. The molecule has 0 aliphatic heterocycles. The van der Waals surface area contributed by atoms with Crippen LogP contribution in [0.25, 0.3) is 0 Å². The van der Waals surface area contributed by atoms with Crippen LogP contribution >= 0.6 is 11.8 Å². The number of hydrogen-bond donors (Lipinski definition) is 1. The lowest BCUT2D eigenvalue weighted by Gasteiger charge is -2.28. The third kappa shape index (κ3) is 3.40. The van der Waals surface area contributed by atoms with Crippen molar-refractivity contribution in [3.63, 3.8) is 0 Å². The van der Waals surface area contributed by atoms with E-state index in [0.29, 0.717) is 4.90 Å². The van der Waals surface area contributed by atoms with E-state index in [-0.39, 0.29) is 22.7 Å². The van der Waals surface area contributed by atoms with Crippen molar-refractivity contribution in [2.24, 2.45) is 0 Å². The highest BCUT2D eigenvalue weighted by molar-refractivity contribution is 8.00. The highest BCUT2D eigenvalue weighted by atomic mass is 32.2. The molecule has 0 atom stereocenters. The van der Waals surface area contributed by atoms with Crippen LogP contribution < -0.4 is 15.2 Å². The molecule has 0 aromatic heterocycles. The summed E-state index contributed by atoms with van der Waals surface area (Å²) in [7, 11) is 2.78. The molecule has 2 aromatic carbocycles. The van der Waals surface area contributed by atoms with E-state index in [0.717, 1.165) is 12.1 Å². The van der Waals surface area contributed by atoms with E-state index >= 15 is 0 Å². The van der Waals surface area contributed by atoms with Gasteiger partial charge in [-0.1, -0.05) is 0 Å². The van der Waals surface area contributed by atoms with Crippen LogP contribution in [-0.2, 0) is 4.75 Å². The van der Waals surface area contributed by atoms with Gasteiger partial charge in [-0.15, -0.1) is 11.8 Å². The summed E-state index contributed by atoms with van der Waals surface area (Å²) in [5.41, 5.74) is 5.62. The highest BCUT2D eigenvalue weighted by Gasteiger charge is 2.32. The monoisotopic (exact) mass is 357 g/mol. The van der Waals surface area contributed by atoms with Gasteiger partial charge in [-0.05, 0) is 32.0 Å². The van der Waals surface area contributed by atoms with Gasteiger partial charge < -0.3 is 15.2 Å². The topological polar surface area (TPSA) is 44.5 Å². The molecule has 2 N–H and O–H groups in total. The lowest BCUT2D eigenvalue weighted by atomic mass is 10.00. The summed E-state index contributed by atoms with van der Waals surface area (Å²) in [5, 5.41) is 0. The Hall–Kier alpha value is -2.02. The first-order valence-corrected chi connectivity index (χ1v) is 7.87. The summed E-state index contributed by atoms with van der Waals surface area (Å²) in [6.45, 7) is 3.41. The average molecular weight is 357 g/mol. The zero-order valence-electron chi connectivity index (χ0n) is 13.7. The van der Waals surface area contributed by atoms with Crippen LogP contribution in [0.2, 0.25) is 0 Å². The fourth-order valence-corrected chi connectivity index (χ4v) is 3.65. The number of hydrogen-bond acceptors (Lipinski definition) is 4. The van der Waals surface area contributed by atoms with Gasteiger partial charge in [-0.25, -0.2) is 13.2 Å². The second kappa shape index (κ2) is 6.84. The smallest absolute Gasteiger partial charge is 0.167 e. The first-order valence-electron chi connectivity index (χ1n) is 7.05. The van der Waals surface area contributed by atoms with Gasteiger partial charge in [-0.2, -0.15) is 0 Å². The lowest BCUT2D eigenvalue weighted by Crippen LogP contribution is -2.17. The van der Waals surface area contributed by atoms with Crippen molar-refractivity contribution in [1.29, 1.82) is 0 Å². The van der Waals surface area contributed by atoms with Gasteiger partial charge in [0.25, 0.3) is 0 Å². The SMILES string of the molecule is COc1cc(F)c(N)cc1SC(C)(C)c1c(OC)ccc(F)c1F. The Kier molecular flexibility index (Phi) is 5.22. The number of nitrogens with two attached hydrogens (primary N) is 1. The molecule has 24 heavy (non-hydrogen) atoms. The predicted octanol–water partition coefficient (Wildman–Crippen LogP) is 4.73. The van der Waals surface area contributed by atoms with Crippen molar-refractivity contribution in [2.75, 3.05) is 20.0 Å². The van der Waals surface area contributed by atoms with Crippen LogP contribution in [0.15, 0.2) is 29.2 Å². The van der Waals surface area contributed by atoms with Gasteiger partial charge in [0.2, 0.25) is 0 Å². The number of thioether (sulfide) groups is 1. The fourth-order valence-electron chi connectivity index (χ4n) is 2.38. The first kappa shape index (κ1) is 18.3. The van der Waals surface area contributed by atoms with Gasteiger partial charge in [0, 0.05) is 16.4 Å². The Morgan fingerprint density at radius 2 is 1.58 bits per heavy atom. The fraction of sp³-hybridized carbons (Fsp3) is 0.294. The third-order valence-electron chi connectivity index (χ3n) is 3.53. The van der Waals surface area contributed by atoms with Gasteiger partial charge in [0.1, 0.15) is 17.3 Å². The Morgan fingerprint density at radius 3 is 2.17 bits per heavy atom. The van der Waals surface area contributed by atoms with Crippen LogP contribution in [0.4, 0.5) is 18.9 Å². The number of methoxy groups -OCH3 is 2. The van der Waals surface area contributed by atoms with E-state index in [4.69, 9.17) is 15.2 Å². The summed E-state index contributed by atoms with van der Waals surface area (Å²) < 4.78 is 51.1. The van der Waals surface area contributed by atoms with Crippen LogP contribution in [0.1, 0.15) is 19.4 Å². The normalized spacial score (nSPS) is 11.5. The molecule has 2 aromatic rings. The van der Waals surface area contributed by atoms with Crippen LogP contribution in [0, 0.1) is 17.5 Å². The molecule has 0 saturated heterocycles. The van der Waals surface area contributed by atoms with Crippen molar-refractivity contribution >= 4 is 17.4 Å². The van der Waals surface area contributed by atoms with Gasteiger partial charge in [-0.3, -0.25) is 0 Å². The van der Waals surface area contributed by atoms with Crippen LogP contribution in [-0.4, -0.2) is 14.2 Å². The van der Waals surface area contributed by atoms with E-state index in [1.54, 1.807) is 13.8 Å². The number of halogens is 3. The van der Waals surface area contributed by atoms with E-state index in [1.807, 2.05) is 0 Å². The molecule has 0 saturated carbocycles. The number of benzene rings is 2. The quantitative estimate of drug-likeness (QED) is 0.621. The molecule has 2 rings (SSSR count). The molecule has 130 valence electrons. The highest BCUT2D eigenvalue weighted by Crippen LogP contribution is 2.49. The molecule has 0 amide bonds. The largest absolute Gasteiger partial charge is 0.496 e. The minimum absolute atomic E-state index is 0.0548. The third-order valence-corrected chi connectivity index (χ3v) is 4.78. The molecule has 3 nitrogen and oxygen atoms in total.